The van der Waals surface area contributed by atoms with Crippen LogP contribution in [0.25, 0.3) is 10.4 Å². The fourth-order valence-electron chi connectivity index (χ4n) is 2.37. The van der Waals surface area contributed by atoms with Crippen molar-refractivity contribution < 1.29 is 0 Å². The largest absolute Gasteiger partial charge is 0.383 e. The van der Waals surface area contributed by atoms with Gasteiger partial charge in [-0.3, -0.25) is 4.68 Å². The summed E-state index contributed by atoms with van der Waals surface area (Å²) in [5, 5.41) is 6.72. The monoisotopic (exact) mass is 247 g/mol. The minimum absolute atomic E-state index is 0.524. The van der Waals surface area contributed by atoms with Gasteiger partial charge in [0.2, 0.25) is 0 Å². The highest BCUT2D eigenvalue weighted by molar-refractivity contribution is 7.13. The van der Waals surface area contributed by atoms with Gasteiger partial charge in [-0.25, -0.2) is 0 Å². The summed E-state index contributed by atoms with van der Waals surface area (Å²) in [7, 11) is 1.93. The van der Waals surface area contributed by atoms with Crippen LogP contribution in [0.5, 0.6) is 0 Å². The van der Waals surface area contributed by atoms with Gasteiger partial charge in [0.25, 0.3) is 0 Å². The smallest absolute Gasteiger partial charge is 0.130 e. The van der Waals surface area contributed by atoms with Crippen molar-refractivity contribution in [3.63, 3.8) is 0 Å². The molecule has 1 aliphatic carbocycles. The van der Waals surface area contributed by atoms with E-state index in [9.17, 15) is 0 Å². The van der Waals surface area contributed by atoms with E-state index in [1.165, 1.54) is 23.4 Å². The molecule has 3 nitrogen and oxygen atoms in total. The zero-order valence-electron chi connectivity index (χ0n) is 10.2. The molecule has 0 spiro atoms. The van der Waals surface area contributed by atoms with E-state index in [1.54, 1.807) is 11.3 Å². The summed E-state index contributed by atoms with van der Waals surface area (Å²) in [6, 6.07) is 4.19. The molecule has 0 radical (unpaired) electrons. The molecular weight excluding hydrogens is 230 g/mol. The first-order chi connectivity index (χ1) is 8.18. The molecule has 1 unspecified atom stereocenters. The molecule has 1 saturated carbocycles. The van der Waals surface area contributed by atoms with Gasteiger partial charge in [0.15, 0.2) is 0 Å². The summed E-state index contributed by atoms with van der Waals surface area (Å²) in [5.41, 5.74) is 8.49. The van der Waals surface area contributed by atoms with Crippen LogP contribution in [0, 0.1) is 5.92 Å². The molecule has 0 bridgehead atoms. The predicted octanol–water partition coefficient (Wildman–Crippen LogP) is 3.24. The highest BCUT2D eigenvalue weighted by Gasteiger charge is 2.33. The minimum atomic E-state index is 0.524. The Hall–Kier alpha value is -1.29. The number of aryl methyl sites for hydroxylation is 1. The Morgan fingerprint density at radius 1 is 1.53 bits per heavy atom. The summed E-state index contributed by atoms with van der Waals surface area (Å²) in [6.07, 6.45) is 2.67. The van der Waals surface area contributed by atoms with E-state index in [1.807, 2.05) is 11.7 Å². The van der Waals surface area contributed by atoms with E-state index in [0.29, 0.717) is 5.92 Å². The molecule has 90 valence electrons. The van der Waals surface area contributed by atoms with Crippen molar-refractivity contribution in [3.8, 4) is 10.4 Å². The summed E-state index contributed by atoms with van der Waals surface area (Å²) < 4.78 is 1.81. The maximum atomic E-state index is 6.16. The molecule has 0 aromatic carbocycles. The maximum Gasteiger partial charge on any atom is 0.130 e. The first kappa shape index (κ1) is 10.8. The lowest BCUT2D eigenvalue weighted by molar-refractivity contribution is 0.622. The fraction of sp³-hybridized carbons (Fsp3) is 0.462. The van der Waals surface area contributed by atoms with Crippen LogP contribution in [0.2, 0.25) is 0 Å². The molecule has 4 heteroatoms. The van der Waals surface area contributed by atoms with Gasteiger partial charge in [-0.15, -0.1) is 11.3 Å². The Kier molecular flexibility index (Phi) is 2.47. The third kappa shape index (κ3) is 1.76. The quantitative estimate of drug-likeness (QED) is 0.904. The van der Waals surface area contributed by atoms with Crippen molar-refractivity contribution >= 4 is 17.2 Å². The van der Waals surface area contributed by atoms with Crippen molar-refractivity contribution in [2.45, 2.75) is 25.7 Å². The molecule has 0 aliphatic heterocycles. The lowest BCUT2D eigenvalue weighted by Gasteiger charge is -2.08. The highest BCUT2D eigenvalue weighted by atomic mass is 32.1. The second kappa shape index (κ2) is 3.88. The van der Waals surface area contributed by atoms with E-state index in [0.717, 1.165) is 17.3 Å². The molecule has 0 saturated heterocycles. The normalized spacial score (nSPS) is 17.3. The standard InChI is InChI=1S/C13H17N3S/c1-8(9-5-6-9)12-11(10-4-3-7-17-10)13(14)16(2)15-12/h3-4,7-9H,5-6,14H2,1-2H3. The molecule has 3 rings (SSSR count). The molecular formula is C13H17N3S. The molecule has 1 atom stereocenters. The van der Waals surface area contributed by atoms with Gasteiger partial charge in [0, 0.05) is 17.8 Å². The fourth-order valence-corrected chi connectivity index (χ4v) is 3.16. The molecule has 2 heterocycles. The molecule has 2 N–H and O–H groups in total. The first-order valence-electron chi connectivity index (χ1n) is 6.04. The summed E-state index contributed by atoms with van der Waals surface area (Å²) in [4.78, 5) is 1.23. The third-order valence-corrected chi connectivity index (χ3v) is 4.53. The van der Waals surface area contributed by atoms with Crippen molar-refractivity contribution in [2.24, 2.45) is 13.0 Å². The van der Waals surface area contributed by atoms with Crippen LogP contribution in [0.1, 0.15) is 31.4 Å². The van der Waals surface area contributed by atoms with Gasteiger partial charge >= 0.3 is 0 Å². The number of rotatable bonds is 3. The van der Waals surface area contributed by atoms with Crippen LogP contribution in [0.3, 0.4) is 0 Å². The zero-order valence-corrected chi connectivity index (χ0v) is 11.0. The maximum absolute atomic E-state index is 6.16. The summed E-state index contributed by atoms with van der Waals surface area (Å²) >= 11 is 1.73. The average molecular weight is 247 g/mol. The molecule has 2 aromatic rings. The van der Waals surface area contributed by atoms with Gasteiger partial charge in [-0.05, 0) is 30.2 Å². The van der Waals surface area contributed by atoms with Gasteiger partial charge in [-0.1, -0.05) is 13.0 Å². The van der Waals surface area contributed by atoms with E-state index in [4.69, 9.17) is 5.73 Å². The number of nitrogens with zero attached hydrogens (tertiary/aromatic N) is 2. The van der Waals surface area contributed by atoms with E-state index in [2.05, 4.69) is 29.5 Å². The zero-order chi connectivity index (χ0) is 12.0. The van der Waals surface area contributed by atoms with Crippen LogP contribution >= 0.6 is 11.3 Å². The van der Waals surface area contributed by atoms with Gasteiger partial charge < -0.3 is 5.73 Å². The van der Waals surface area contributed by atoms with Crippen molar-refractivity contribution in [3.05, 3.63) is 23.2 Å². The minimum Gasteiger partial charge on any atom is -0.383 e. The van der Waals surface area contributed by atoms with Crippen LogP contribution in [0.4, 0.5) is 5.82 Å². The van der Waals surface area contributed by atoms with E-state index >= 15 is 0 Å². The van der Waals surface area contributed by atoms with Crippen LogP contribution < -0.4 is 5.73 Å². The van der Waals surface area contributed by atoms with E-state index in [-0.39, 0.29) is 0 Å². The third-order valence-electron chi connectivity index (χ3n) is 3.65. The Morgan fingerprint density at radius 2 is 2.29 bits per heavy atom. The molecule has 17 heavy (non-hydrogen) atoms. The van der Waals surface area contributed by atoms with Gasteiger partial charge in [0.05, 0.1) is 11.3 Å². The van der Waals surface area contributed by atoms with Crippen LogP contribution in [0.15, 0.2) is 17.5 Å². The van der Waals surface area contributed by atoms with E-state index < -0.39 is 0 Å². The number of thiophene rings is 1. The highest BCUT2D eigenvalue weighted by Crippen LogP contribution is 2.46. The van der Waals surface area contributed by atoms with Gasteiger partial charge in [-0.2, -0.15) is 5.10 Å². The Morgan fingerprint density at radius 3 is 2.88 bits per heavy atom. The molecule has 1 fully saturated rings. The topological polar surface area (TPSA) is 43.8 Å². The van der Waals surface area contributed by atoms with Crippen molar-refractivity contribution in [1.29, 1.82) is 0 Å². The average Bonchev–Trinajstić information content (AvgIpc) is 2.95. The predicted molar refractivity (Wildman–Crippen MR) is 72.1 cm³/mol. The SMILES string of the molecule is CC(c1nn(C)c(N)c1-c1cccs1)C1CC1. The number of hydrogen-bond acceptors (Lipinski definition) is 3. The Bertz CT molecular complexity index is 523. The second-order valence-corrected chi connectivity index (χ2v) is 5.82. The summed E-state index contributed by atoms with van der Waals surface area (Å²) in [6.45, 7) is 2.27. The number of anilines is 1. The molecule has 2 aromatic heterocycles. The molecule has 0 amide bonds. The lowest BCUT2D eigenvalue weighted by Crippen LogP contribution is -1.99. The number of aromatic nitrogens is 2. The Balaban J connectivity index is 2.11. The molecule has 1 aliphatic rings. The van der Waals surface area contributed by atoms with Gasteiger partial charge in [0.1, 0.15) is 5.82 Å². The van der Waals surface area contributed by atoms with Crippen LogP contribution in [-0.4, -0.2) is 9.78 Å². The number of nitrogen functional groups attached to an aromatic ring is 1. The number of hydrogen-bond donors (Lipinski definition) is 1. The Labute approximate surface area is 105 Å². The lowest BCUT2D eigenvalue weighted by atomic mass is 9.98. The summed E-state index contributed by atoms with van der Waals surface area (Å²) in [5.74, 6) is 2.12. The van der Waals surface area contributed by atoms with Crippen molar-refractivity contribution in [1.82, 2.24) is 9.78 Å². The van der Waals surface area contributed by atoms with Crippen molar-refractivity contribution in [2.75, 3.05) is 5.73 Å². The first-order valence-corrected chi connectivity index (χ1v) is 6.92. The van der Waals surface area contributed by atoms with Crippen LogP contribution in [-0.2, 0) is 7.05 Å². The second-order valence-electron chi connectivity index (χ2n) is 4.87. The number of nitrogens with two attached hydrogens (primary N) is 1.